The number of carbonyl (C=O) groups excluding carboxylic acids is 1. The molecule has 1 saturated heterocycles. The minimum absolute atomic E-state index is 0.329. The summed E-state index contributed by atoms with van der Waals surface area (Å²) in [6.07, 6.45) is -4.57. The molecule has 1 heterocycles. The van der Waals surface area contributed by atoms with Crippen molar-refractivity contribution >= 4 is 29.3 Å². The van der Waals surface area contributed by atoms with E-state index in [0.29, 0.717) is 17.3 Å². The molecule has 0 bridgehead atoms. The first-order chi connectivity index (χ1) is 11.4. The van der Waals surface area contributed by atoms with E-state index in [1.54, 1.807) is 24.3 Å². The summed E-state index contributed by atoms with van der Waals surface area (Å²) >= 11 is 7.69. The predicted molar refractivity (Wildman–Crippen MR) is 89.1 cm³/mol. The summed E-state index contributed by atoms with van der Waals surface area (Å²) in [5.41, 5.74) is -0.506. The highest BCUT2D eigenvalue weighted by Gasteiger charge is 2.39. The molecule has 126 valence electrons. The molecule has 0 N–H and O–H groups in total. The topological polar surface area (TPSA) is 20.3 Å². The Labute approximate surface area is 146 Å². The van der Waals surface area contributed by atoms with Gasteiger partial charge in [0.05, 0.1) is 11.1 Å². The lowest BCUT2D eigenvalue weighted by atomic mass is 10.1. The van der Waals surface area contributed by atoms with Gasteiger partial charge in [0.25, 0.3) is 5.91 Å². The highest BCUT2D eigenvalue weighted by molar-refractivity contribution is 7.99. The van der Waals surface area contributed by atoms with E-state index in [1.165, 1.54) is 34.9 Å². The van der Waals surface area contributed by atoms with E-state index >= 15 is 0 Å². The monoisotopic (exact) mass is 371 g/mol. The van der Waals surface area contributed by atoms with Crippen LogP contribution in [0.25, 0.3) is 0 Å². The van der Waals surface area contributed by atoms with Gasteiger partial charge in [-0.05, 0) is 18.2 Å². The molecule has 0 radical (unpaired) electrons. The van der Waals surface area contributed by atoms with Gasteiger partial charge in [-0.15, -0.1) is 11.8 Å². The minimum atomic E-state index is -4.57. The lowest BCUT2D eigenvalue weighted by Gasteiger charge is -2.26. The zero-order chi connectivity index (χ0) is 17.3. The van der Waals surface area contributed by atoms with Crippen molar-refractivity contribution in [3.63, 3.8) is 0 Å². The van der Waals surface area contributed by atoms with Crippen LogP contribution < -0.4 is 0 Å². The molecule has 0 spiro atoms. The highest BCUT2D eigenvalue weighted by Crippen LogP contribution is 2.42. The summed E-state index contributed by atoms with van der Waals surface area (Å²) in [6, 6.07) is 11.9. The van der Waals surface area contributed by atoms with Gasteiger partial charge in [0.15, 0.2) is 0 Å². The zero-order valence-corrected chi connectivity index (χ0v) is 14.0. The molecule has 1 atom stereocenters. The van der Waals surface area contributed by atoms with Crippen LogP contribution in [0.2, 0.25) is 5.02 Å². The van der Waals surface area contributed by atoms with E-state index in [-0.39, 0.29) is 10.9 Å². The lowest BCUT2D eigenvalue weighted by Crippen LogP contribution is -2.32. The maximum absolute atomic E-state index is 13.2. The molecule has 1 unspecified atom stereocenters. The standard InChI is InChI=1S/C17H13ClF3NOS/c18-14-8-4-2-6-12(14)16-22(9-10-24-16)15(23)11-5-1-3-7-13(11)17(19,20)21/h1-8,16H,9-10H2. The van der Waals surface area contributed by atoms with Crippen molar-refractivity contribution in [1.29, 1.82) is 0 Å². The van der Waals surface area contributed by atoms with Gasteiger partial charge in [0, 0.05) is 22.9 Å². The molecule has 2 nitrogen and oxygen atoms in total. The summed E-state index contributed by atoms with van der Waals surface area (Å²) in [5.74, 6) is 0.0216. The highest BCUT2D eigenvalue weighted by atomic mass is 35.5. The van der Waals surface area contributed by atoms with Gasteiger partial charge in [-0.3, -0.25) is 4.79 Å². The second-order valence-electron chi connectivity index (χ2n) is 5.29. The van der Waals surface area contributed by atoms with E-state index in [4.69, 9.17) is 11.6 Å². The summed E-state index contributed by atoms with van der Waals surface area (Å²) in [7, 11) is 0. The van der Waals surface area contributed by atoms with E-state index in [2.05, 4.69) is 0 Å². The number of halogens is 4. The number of rotatable bonds is 2. The fraction of sp³-hybridized carbons (Fsp3) is 0.235. The lowest BCUT2D eigenvalue weighted by molar-refractivity contribution is -0.138. The third-order valence-corrected chi connectivity index (χ3v) is 5.37. The van der Waals surface area contributed by atoms with Gasteiger partial charge in [0.2, 0.25) is 0 Å². The van der Waals surface area contributed by atoms with E-state index < -0.39 is 17.6 Å². The first-order valence-corrected chi connectivity index (χ1v) is 8.65. The smallest absolute Gasteiger partial charge is 0.322 e. The first-order valence-electron chi connectivity index (χ1n) is 7.23. The van der Waals surface area contributed by atoms with Crippen molar-refractivity contribution in [3.8, 4) is 0 Å². The molecule has 1 aliphatic heterocycles. The molecule has 1 amide bonds. The summed E-state index contributed by atoms with van der Waals surface area (Å²) in [6.45, 7) is 0.381. The average Bonchev–Trinajstić information content (AvgIpc) is 3.03. The number of hydrogen-bond acceptors (Lipinski definition) is 2. The Hall–Kier alpha value is -1.66. The largest absolute Gasteiger partial charge is 0.417 e. The number of thioether (sulfide) groups is 1. The fourth-order valence-corrected chi connectivity index (χ4v) is 4.28. The quantitative estimate of drug-likeness (QED) is 0.719. The summed E-state index contributed by atoms with van der Waals surface area (Å²) < 4.78 is 39.5. The Bertz CT molecular complexity index is 765. The van der Waals surface area contributed by atoms with Gasteiger partial charge in [0.1, 0.15) is 5.37 Å². The summed E-state index contributed by atoms with van der Waals surface area (Å²) in [4.78, 5) is 14.2. The van der Waals surface area contributed by atoms with Crippen LogP contribution in [-0.2, 0) is 6.18 Å². The van der Waals surface area contributed by atoms with Gasteiger partial charge < -0.3 is 4.90 Å². The van der Waals surface area contributed by atoms with Crippen molar-refractivity contribution in [1.82, 2.24) is 4.90 Å². The Kier molecular flexibility index (Phi) is 4.78. The Morgan fingerprint density at radius 1 is 1.12 bits per heavy atom. The van der Waals surface area contributed by atoms with Crippen molar-refractivity contribution in [2.24, 2.45) is 0 Å². The molecule has 0 aromatic heterocycles. The van der Waals surface area contributed by atoms with Crippen molar-refractivity contribution < 1.29 is 18.0 Å². The molecule has 0 aliphatic carbocycles. The molecule has 7 heteroatoms. The molecule has 1 aliphatic rings. The first kappa shape index (κ1) is 17.2. The third-order valence-electron chi connectivity index (χ3n) is 3.79. The van der Waals surface area contributed by atoms with Gasteiger partial charge in [-0.2, -0.15) is 13.2 Å². The van der Waals surface area contributed by atoms with E-state index in [9.17, 15) is 18.0 Å². The summed E-state index contributed by atoms with van der Waals surface area (Å²) in [5, 5.41) is 0.117. The van der Waals surface area contributed by atoms with Crippen LogP contribution in [0.1, 0.15) is 26.9 Å². The molecule has 2 aromatic rings. The van der Waals surface area contributed by atoms with E-state index in [1.807, 2.05) is 0 Å². The fourth-order valence-electron chi connectivity index (χ4n) is 2.68. The number of alkyl halides is 3. The van der Waals surface area contributed by atoms with E-state index in [0.717, 1.165) is 11.6 Å². The SMILES string of the molecule is O=C(c1ccccc1C(F)(F)F)N1CCSC1c1ccccc1Cl. The van der Waals surface area contributed by atoms with Gasteiger partial charge >= 0.3 is 6.18 Å². The minimum Gasteiger partial charge on any atom is -0.322 e. The maximum atomic E-state index is 13.2. The second-order valence-corrected chi connectivity index (χ2v) is 6.88. The second kappa shape index (κ2) is 6.69. The van der Waals surface area contributed by atoms with Crippen LogP contribution in [-0.4, -0.2) is 23.1 Å². The molecular formula is C17H13ClF3NOS. The maximum Gasteiger partial charge on any atom is 0.417 e. The van der Waals surface area contributed by atoms with Crippen molar-refractivity contribution in [2.45, 2.75) is 11.6 Å². The Morgan fingerprint density at radius 3 is 2.50 bits per heavy atom. The van der Waals surface area contributed by atoms with Crippen LogP contribution >= 0.6 is 23.4 Å². The van der Waals surface area contributed by atoms with Crippen LogP contribution in [0.15, 0.2) is 48.5 Å². The number of carbonyl (C=O) groups is 1. The number of nitrogens with zero attached hydrogens (tertiary/aromatic N) is 1. The Balaban J connectivity index is 1.97. The predicted octanol–water partition coefficient (Wildman–Crippen LogP) is 5.25. The molecule has 24 heavy (non-hydrogen) atoms. The zero-order valence-electron chi connectivity index (χ0n) is 12.4. The third kappa shape index (κ3) is 3.26. The van der Waals surface area contributed by atoms with Crippen LogP contribution in [0.3, 0.4) is 0 Å². The molecule has 1 fully saturated rings. The number of benzene rings is 2. The van der Waals surface area contributed by atoms with Gasteiger partial charge in [-0.1, -0.05) is 41.9 Å². The molecular weight excluding hydrogens is 359 g/mol. The van der Waals surface area contributed by atoms with Crippen LogP contribution in [0, 0.1) is 0 Å². The number of amides is 1. The Morgan fingerprint density at radius 2 is 1.79 bits per heavy atom. The molecule has 2 aromatic carbocycles. The van der Waals surface area contributed by atoms with Crippen LogP contribution in [0.5, 0.6) is 0 Å². The number of hydrogen-bond donors (Lipinski definition) is 0. The molecule has 0 saturated carbocycles. The van der Waals surface area contributed by atoms with Crippen molar-refractivity contribution in [3.05, 3.63) is 70.2 Å². The van der Waals surface area contributed by atoms with Gasteiger partial charge in [-0.25, -0.2) is 0 Å². The normalized spacial score (nSPS) is 18.0. The molecule has 3 rings (SSSR count). The van der Waals surface area contributed by atoms with Crippen LogP contribution in [0.4, 0.5) is 13.2 Å². The average molecular weight is 372 g/mol. The van der Waals surface area contributed by atoms with Crippen molar-refractivity contribution in [2.75, 3.05) is 12.3 Å².